The lowest BCUT2D eigenvalue weighted by atomic mass is 10.1. The van der Waals surface area contributed by atoms with Crippen LogP contribution >= 0.6 is 24.0 Å². The normalized spacial score (nSPS) is 11.0. The van der Waals surface area contributed by atoms with Crippen LogP contribution < -0.4 is 15.4 Å². The predicted octanol–water partition coefficient (Wildman–Crippen LogP) is 2.57. The van der Waals surface area contributed by atoms with Crippen molar-refractivity contribution in [2.45, 2.75) is 40.2 Å². The van der Waals surface area contributed by atoms with Gasteiger partial charge >= 0.3 is 0 Å². The smallest absolute Gasteiger partial charge is 0.191 e. The van der Waals surface area contributed by atoms with Gasteiger partial charge in [-0.25, -0.2) is 0 Å². The maximum atomic E-state index is 5.44. The van der Waals surface area contributed by atoms with Crippen LogP contribution in [0, 0.1) is 6.92 Å². The quantitative estimate of drug-likeness (QED) is 0.324. The van der Waals surface area contributed by atoms with Gasteiger partial charge in [0.05, 0.1) is 7.11 Å². The zero-order valence-electron chi connectivity index (χ0n) is 16.7. The lowest BCUT2D eigenvalue weighted by molar-refractivity contribution is 0.409. The predicted molar refractivity (Wildman–Crippen MR) is 120 cm³/mol. The molecule has 2 N–H and O–H groups in total. The van der Waals surface area contributed by atoms with Gasteiger partial charge in [0.15, 0.2) is 5.96 Å². The molecule has 2 aromatic rings. The van der Waals surface area contributed by atoms with Crippen molar-refractivity contribution in [3.8, 4) is 5.75 Å². The third-order valence-corrected chi connectivity index (χ3v) is 4.09. The van der Waals surface area contributed by atoms with E-state index in [2.05, 4.69) is 63.3 Å². The molecular formula is C19H31IN6O. The standard InChI is InChI=1S/C19H30N6O.HI/c1-5-18-24-23-14-25(18)12-11-22-19(20-6-2)21-10-9-16-13-15(3)7-8-17(16)26-4;/h7-8,13-14H,5-6,9-12H2,1-4H3,(H2,20,21,22);1H. The molecule has 8 heteroatoms. The van der Waals surface area contributed by atoms with Gasteiger partial charge in [-0.2, -0.15) is 0 Å². The Morgan fingerprint density at radius 3 is 2.78 bits per heavy atom. The van der Waals surface area contributed by atoms with Gasteiger partial charge in [0.2, 0.25) is 0 Å². The van der Waals surface area contributed by atoms with Crippen molar-refractivity contribution in [1.29, 1.82) is 0 Å². The maximum absolute atomic E-state index is 5.44. The lowest BCUT2D eigenvalue weighted by Crippen LogP contribution is -2.39. The first kappa shape index (κ1) is 23.2. The van der Waals surface area contributed by atoms with Crippen molar-refractivity contribution in [3.63, 3.8) is 0 Å². The number of benzene rings is 1. The van der Waals surface area contributed by atoms with Crippen LogP contribution in [-0.2, 0) is 19.4 Å². The number of halogens is 1. The van der Waals surface area contributed by atoms with Gasteiger partial charge in [0.25, 0.3) is 0 Å². The number of aryl methyl sites for hydroxylation is 2. The minimum Gasteiger partial charge on any atom is -0.496 e. The van der Waals surface area contributed by atoms with Crippen LogP contribution in [0.15, 0.2) is 29.5 Å². The molecule has 0 fully saturated rings. The van der Waals surface area contributed by atoms with Crippen molar-refractivity contribution in [1.82, 2.24) is 25.4 Å². The second-order valence-electron chi connectivity index (χ2n) is 6.05. The van der Waals surface area contributed by atoms with Crippen LogP contribution in [0.4, 0.5) is 0 Å². The summed E-state index contributed by atoms with van der Waals surface area (Å²) in [6.07, 6.45) is 3.49. The molecule has 0 aliphatic heterocycles. The molecule has 0 atom stereocenters. The highest BCUT2D eigenvalue weighted by Gasteiger charge is 2.04. The molecule has 1 aromatic heterocycles. The third kappa shape index (κ3) is 7.36. The summed E-state index contributed by atoms with van der Waals surface area (Å²) >= 11 is 0. The molecule has 7 nitrogen and oxygen atoms in total. The molecular weight excluding hydrogens is 455 g/mol. The van der Waals surface area contributed by atoms with Crippen molar-refractivity contribution in [2.24, 2.45) is 4.99 Å². The average Bonchev–Trinajstić information content (AvgIpc) is 3.09. The molecule has 27 heavy (non-hydrogen) atoms. The summed E-state index contributed by atoms with van der Waals surface area (Å²) in [6, 6.07) is 6.24. The van der Waals surface area contributed by atoms with Crippen molar-refractivity contribution < 1.29 is 4.74 Å². The van der Waals surface area contributed by atoms with Crippen LogP contribution in [0.25, 0.3) is 0 Å². The molecule has 0 aliphatic carbocycles. The minimum atomic E-state index is 0. The van der Waals surface area contributed by atoms with Crippen LogP contribution in [0.3, 0.4) is 0 Å². The third-order valence-electron chi connectivity index (χ3n) is 4.09. The fraction of sp³-hybridized carbons (Fsp3) is 0.526. The Balaban J connectivity index is 0.00000364. The Morgan fingerprint density at radius 1 is 1.26 bits per heavy atom. The number of methoxy groups -OCH3 is 1. The molecule has 0 bridgehead atoms. The van der Waals surface area contributed by atoms with E-state index in [9.17, 15) is 0 Å². The number of hydrogen-bond acceptors (Lipinski definition) is 4. The first-order valence-electron chi connectivity index (χ1n) is 9.20. The molecule has 0 saturated heterocycles. The van der Waals surface area contributed by atoms with E-state index in [0.29, 0.717) is 6.54 Å². The van der Waals surface area contributed by atoms with Crippen LogP contribution in [0.1, 0.15) is 30.8 Å². The zero-order chi connectivity index (χ0) is 18.8. The summed E-state index contributed by atoms with van der Waals surface area (Å²) in [5.74, 6) is 2.74. The highest BCUT2D eigenvalue weighted by molar-refractivity contribution is 14.0. The van der Waals surface area contributed by atoms with Gasteiger partial charge in [-0.3, -0.25) is 4.99 Å². The van der Waals surface area contributed by atoms with E-state index in [4.69, 9.17) is 4.74 Å². The summed E-state index contributed by atoms with van der Waals surface area (Å²) in [5, 5.41) is 14.7. The number of aliphatic imine (C=N–C) groups is 1. The Morgan fingerprint density at radius 2 is 2.07 bits per heavy atom. The van der Waals surface area contributed by atoms with Gasteiger partial charge in [-0.1, -0.05) is 24.6 Å². The number of guanidine groups is 1. The van der Waals surface area contributed by atoms with Gasteiger partial charge in [0.1, 0.15) is 17.9 Å². The molecule has 2 rings (SSSR count). The number of rotatable bonds is 9. The monoisotopic (exact) mass is 486 g/mol. The number of hydrogen-bond donors (Lipinski definition) is 2. The molecule has 0 aliphatic rings. The SMILES string of the molecule is CCNC(=NCCc1cc(C)ccc1OC)NCCn1cnnc1CC.I. The maximum Gasteiger partial charge on any atom is 0.191 e. The van der Waals surface area contributed by atoms with E-state index in [1.807, 2.05) is 6.07 Å². The van der Waals surface area contributed by atoms with Crippen LogP contribution in [0.2, 0.25) is 0 Å². The van der Waals surface area contributed by atoms with Gasteiger partial charge in [-0.05, 0) is 31.9 Å². The summed E-state index contributed by atoms with van der Waals surface area (Å²) in [4.78, 5) is 4.67. The Bertz CT molecular complexity index is 716. The average molecular weight is 486 g/mol. The van der Waals surface area contributed by atoms with Gasteiger partial charge in [0, 0.05) is 32.6 Å². The molecule has 0 amide bonds. The minimum absolute atomic E-state index is 0. The van der Waals surface area contributed by atoms with Crippen LogP contribution in [0.5, 0.6) is 5.75 Å². The molecule has 0 unspecified atom stereocenters. The summed E-state index contributed by atoms with van der Waals surface area (Å²) in [5.41, 5.74) is 2.42. The van der Waals surface area contributed by atoms with E-state index in [1.165, 1.54) is 11.1 Å². The fourth-order valence-electron chi connectivity index (χ4n) is 2.77. The van der Waals surface area contributed by atoms with Crippen molar-refractivity contribution in [2.75, 3.05) is 26.7 Å². The number of nitrogens with one attached hydrogen (secondary N) is 2. The fourth-order valence-corrected chi connectivity index (χ4v) is 2.77. The largest absolute Gasteiger partial charge is 0.496 e. The topological polar surface area (TPSA) is 76.4 Å². The summed E-state index contributed by atoms with van der Waals surface area (Å²) in [6.45, 7) is 9.34. The van der Waals surface area contributed by atoms with Gasteiger partial charge in [-0.15, -0.1) is 34.2 Å². The Labute approximate surface area is 179 Å². The first-order chi connectivity index (χ1) is 12.7. The number of ether oxygens (including phenoxy) is 1. The molecule has 0 radical (unpaired) electrons. The van der Waals surface area contributed by atoms with E-state index in [-0.39, 0.29) is 24.0 Å². The zero-order valence-corrected chi connectivity index (χ0v) is 19.0. The highest BCUT2D eigenvalue weighted by Crippen LogP contribution is 2.20. The number of nitrogens with zero attached hydrogens (tertiary/aromatic N) is 4. The van der Waals surface area contributed by atoms with E-state index in [0.717, 1.165) is 50.0 Å². The lowest BCUT2D eigenvalue weighted by Gasteiger charge is -2.13. The summed E-state index contributed by atoms with van der Waals surface area (Å²) in [7, 11) is 1.71. The first-order valence-corrected chi connectivity index (χ1v) is 9.20. The van der Waals surface area contributed by atoms with Crippen molar-refractivity contribution >= 4 is 29.9 Å². The molecule has 1 aromatic carbocycles. The molecule has 1 heterocycles. The Kier molecular flexibility index (Phi) is 10.8. The van der Waals surface area contributed by atoms with Gasteiger partial charge < -0.3 is 19.9 Å². The molecule has 150 valence electrons. The Hall–Kier alpha value is -1.84. The molecule has 0 spiro atoms. The second-order valence-corrected chi connectivity index (χ2v) is 6.05. The number of aromatic nitrogens is 3. The summed E-state index contributed by atoms with van der Waals surface area (Å²) < 4.78 is 7.50. The van der Waals surface area contributed by atoms with E-state index < -0.39 is 0 Å². The molecule has 0 saturated carbocycles. The van der Waals surface area contributed by atoms with Crippen molar-refractivity contribution in [3.05, 3.63) is 41.5 Å². The van der Waals surface area contributed by atoms with Crippen LogP contribution in [-0.4, -0.2) is 47.5 Å². The highest BCUT2D eigenvalue weighted by atomic mass is 127. The van der Waals surface area contributed by atoms with E-state index in [1.54, 1.807) is 13.4 Å². The second kappa shape index (κ2) is 12.5. The van der Waals surface area contributed by atoms with E-state index >= 15 is 0 Å².